The summed E-state index contributed by atoms with van der Waals surface area (Å²) in [4.78, 5) is 25.0. The second-order valence-corrected chi connectivity index (χ2v) is 8.14. The van der Waals surface area contributed by atoms with E-state index in [0.717, 1.165) is 9.79 Å². The van der Waals surface area contributed by atoms with E-state index < -0.39 is 4.92 Å². The van der Waals surface area contributed by atoms with Crippen molar-refractivity contribution < 1.29 is 14.8 Å². The Bertz CT molecular complexity index is 1100. The monoisotopic (exact) mass is 472 g/mol. The van der Waals surface area contributed by atoms with Gasteiger partial charge in [-0.05, 0) is 42.5 Å². The number of hydrogen-bond acceptors (Lipinski definition) is 7. The first-order valence-electron chi connectivity index (χ1n) is 9.65. The smallest absolute Gasteiger partial charge is 0.271 e. The minimum Gasteiger partial charge on any atom is -0.395 e. The Morgan fingerprint density at radius 2 is 1.75 bits per heavy atom. The molecule has 0 unspecified atom stereocenters. The second-order valence-electron chi connectivity index (χ2n) is 6.59. The van der Waals surface area contributed by atoms with Gasteiger partial charge in [0.15, 0.2) is 0 Å². The van der Waals surface area contributed by atoms with E-state index in [1.165, 1.54) is 30.0 Å². The molecule has 10 heteroatoms. The number of nitrogens with one attached hydrogen (secondary N) is 3. The number of benzene rings is 3. The molecule has 0 fully saturated rings. The van der Waals surface area contributed by atoms with Crippen LogP contribution in [0.3, 0.4) is 0 Å². The standard InChI is InChI=1S/C22H21ClN4O4S/c23-15-5-8-17(9-6-15)32-21-4-2-1-3-19(21)26-22(29)14-25-20-13-16(27(30)31)7-10-18(20)24-11-12-28/h1-10,13,24-25,28H,11-12,14H2,(H,26,29). The molecule has 4 N–H and O–H groups in total. The molecule has 0 spiro atoms. The van der Waals surface area contributed by atoms with Gasteiger partial charge >= 0.3 is 0 Å². The van der Waals surface area contributed by atoms with Crippen LogP contribution in [0.4, 0.5) is 22.7 Å². The third kappa shape index (κ3) is 6.61. The molecule has 1 amide bonds. The Labute approximate surface area is 194 Å². The molecule has 8 nitrogen and oxygen atoms in total. The Kier molecular flexibility index (Phi) is 8.32. The lowest BCUT2D eigenvalue weighted by Crippen LogP contribution is -2.22. The molecule has 0 aliphatic heterocycles. The number of non-ortho nitro benzene ring substituents is 1. The van der Waals surface area contributed by atoms with Crippen LogP contribution in [0.1, 0.15) is 0 Å². The van der Waals surface area contributed by atoms with Gasteiger partial charge in [0.25, 0.3) is 5.69 Å². The van der Waals surface area contributed by atoms with E-state index in [2.05, 4.69) is 16.0 Å². The van der Waals surface area contributed by atoms with Crippen molar-refractivity contribution in [2.75, 3.05) is 35.6 Å². The lowest BCUT2D eigenvalue weighted by atomic mass is 10.2. The fourth-order valence-corrected chi connectivity index (χ4v) is 3.82. The number of amides is 1. The van der Waals surface area contributed by atoms with Crippen LogP contribution in [0.25, 0.3) is 0 Å². The molecule has 3 aromatic carbocycles. The van der Waals surface area contributed by atoms with Crippen LogP contribution in [0, 0.1) is 10.1 Å². The minimum atomic E-state index is -0.509. The molecule has 0 aromatic heterocycles. The highest BCUT2D eigenvalue weighted by Crippen LogP contribution is 2.34. The second kappa shape index (κ2) is 11.4. The molecule has 32 heavy (non-hydrogen) atoms. The lowest BCUT2D eigenvalue weighted by molar-refractivity contribution is -0.384. The Morgan fingerprint density at radius 1 is 1.00 bits per heavy atom. The summed E-state index contributed by atoms with van der Waals surface area (Å²) in [7, 11) is 0. The van der Waals surface area contributed by atoms with Crippen molar-refractivity contribution in [2.45, 2.75) is 9.79 Å². The summed E-state index contributed by atoms with van der Waals surface area (Å²) in [6.45, 7) is 0.0713. The lowest BCUT2D eigenvalue weighted by Gasteiger charge is -2.14. The predicted octanol–water partition coefficient (Wildman–Crippen LogP) is 4.85. The molecule has 0 radical (unpaired) electrons. The topological polar surface area (TPSA) is 117 Å². The number of carbonyl (C=O) groups excluding carboxylic acids is 1. The normalized spacial score (nSPS) is 10.4. The minimum absolute atomic E-state index is 0.0982. The van der Waals surface area contributed by atoms with Crippen LogP contribution >= 0.6 is 23.4 Å². The van der Waals surface area contributed by atoms with Gasteiger partial charge in [-0.15, -0.1) is 0 Å². The Morgan fingerprint density at radius 3 is 2.47 bits per heavy atom. The first kappa shape index (κ1) is 23.4. The predicted molar refractivity (Wildman–Crippen MR) is 128 cm³/mol. The number of carbonyl (C=O) groups is 1. The summed E-state index contributed by atoms with van der Waals surface area (Å²) >= 11 is 7.43. The molecule has 0 aliphatic rings. The number of hydrogen-bond donors (Lipinski definition) is 4. The highest BCUT2D eigenvalue weighted by Gasteiger charge is 2.13. The van der Waals surface area contributed by atoms with Gasteiger partial charge in [0.05, 0.1) is 35.1 Å². The van der Waals surface area contributed by atoms with E-state index in [0.29, 0.717) is 22.1 Å². The maximum Gasteiger partial charge on any atom is 0.271 e. The number of aliphatic hydroxyl groups is 1. The fourth-order valence-electron chi connectivity index (χ4n) is 2.80. The summed E-state index contributed by atoms with van der Waals surface area (Å²) in [6, 6.07) is 19.1. The quantitative estimate of drug-likeness (QED) is 0.246. The molecule has 0 bridgehead atoms. The van der Waals surface area contributed by atoms with E-state index in [1.807, 2.05) is 30.3 Å². The van der Waals surface area contributed by atoms with Crippen LogP contribution in [-0.4, -0.2) is 35.6 Å². The number of nitro groups is 1. The van der Waals surface area contributed by atoms with Crippen LogP contribution in [0.2, 0.25) is 5.02 Å². The van der Waals surface area contributed by atoms with Crippen molar-refractivity contribution in [1.29, 1.82) is 0 Å². The third-order valence-electron chi connectivity index (χ3n) is 4.28. The summed E-state index contributed by atoms with van der Waals surface area (Å²) in [5.74, 6) is -0.311. The average molecular weight is 473 g/mol. The molecule has 0 saturated carbocycles. The van der Waals surface area contributed by atoms with Gasteiger partial charge in [-0.3, -0.25) is 14.9 Å². The van der Waals surface area contributed by atoms with E-state index >= 15 is 0 Å². The summed E-state index contributed by atoms with van der Waals surface area (Å²) < 4.78 is 0. The number of rotatable bonds is 10. The van der Waals surface area contributed by atoms with Crippen molar-refractivity contribution in [3.8, 4) is 0 Å². The van der Waals surface area contributed by atoms with Gasteiger partial charge in [-0.25, -0.2) is 0 Å². The van der Waals surface area contributed by atoms with Crippen molar-refractivity contribution >= 4 is 52.0 Å². The van der Waals surface area contributed by atoms with Gasteiger partial charge in [0.1, 0.15) is 0 Å². The number of halogens is 1. The molecule has 3 aromatic rings. The molecule has 0 atom stereocenters. The Hall–Kier alpha value is -3.27. The largest absolute Gasteiger partial charge is 0.395 e. The van der Waals surface area contributed by atoms with Crippen molar-refractivity contribution in [3.63, 3.8) is 0 Å². The van der Waals surface area contributed by atoms with Crippen LogP contribution in [-0.2, 0) is 4.79 Å². The molecule has 3 rings (SSSR count). The van der Waals surface area contributed by atoms with Crippen LogP contribution in [0.5, 0.6) is 0 Å². The number of nitro benzene ring substituents is 1. The number of aliphatic hydroxyl groups excluding tert-OH is 1. The van der Waals surface area contributed by atoms with Gasteiger partial charge in [0, 0.05) is 33.5 Å². The van der Waals surface area contributed by atoms with E-state index in [4.69, 9.17) is 16.7 Å². The van der Waals surface area contributed by atoms with E-state index in [9.17, 15) is 14.9 Å². The van der Waals surface area contributed by atoms with Crippen molar-refractivity contribution in [2.24, 2.45) is 0 Å². The SMILES string of the molecule is O=C(CNc1cc([N+](=O)[O-])ccc1NCCO)Nc1ccccc1Sc1ccc(Cl)cc1. The molecule has 0 heterocycles. The fraction of sp³-hybridized carbons (Fsp3) is 0.136. The number of nitrogens with zero attached hydrogens (tertiary/aromatic N) is 1. The molecule has 0 saturated heterocycles. The average Bonchev–Trinajstić information content (AvgIpc) is 2.79. The van der Waals surface area contributed by atoms with Crippen molar-refractivity contribution in [1.82, 2.24) is 0 Å². The zero-order valence-corrected chi connectivity index (χ0v) is 18.4. The molecular weight excluding hydrogens is 452 g/mol. The summed E-state index contributed by atoms with van der Waals surface area (Å²) in [5.41, 5.74) is 1.49. The first-order valence-corrected chi connectivity index (χ1v) is 10.8. The van der Waals surface area contributed by atoms with Crippen LogP contribution in [0.15, 0.2) is 76.5 Å². The number of para-hydroxylation sites is 1. The van der Waals surface area contributed by atoms with Gasteiger partial charge in [-0.2, -0.15) is 0 Å². The molecule has 166 valence electrons. The molecule has 0 aliphatic carbocycles. The number of anilines is 3. The first-order chi connectivity index (χ1) is 15.5. The van der Waals surface area contributed by atoms with Gasteiger partial charge in [-0.1, -0.05) is 35.5 Å². The maximum absolute atomic E-state index is 12.6. The zero-order valence-electron chi connectivity index (χ0n) is 16.9. The summed E-state index contributed by atoms with van der Waals surface area (Å²) in [5, 5.41) is 29.5. The zero-order chi connectivity index (χ0) is 22.9. The van der Waals surface area contributed by atoms with E-state index in [-0.39, 0.29) is 31.3 Å². The highest BCUT2D eigenvalue weighted by molar-refractivity contribution is 7.99. The van der Waals surface area contributed by atoms with Crippen LogP contribution < -0.4 is 16.0 Å². The highest BCUT2D eigenvalue weighted by atomic mass is 35.5. The third-order valence-corrected chi connectivity index (χ3v) is 5.62. The summed E-state index contributed by atoms with van der Waals surface area (Å²) in [6.07, 6.45) is 0. The molecular formula is C22H21ClN4O4S. The maximum atomic E-state index is 12.6. The van der Waals surface area contributed by atoms with E-state index in [1.54, 1.807) is 18.2 Å². The van der Waals surface area contributed by atoms with Crippen molar-refractivity contribution in [3.05, 3.63) is 81.9 Å². The Balaban J connectivity index is 1.68. The van der Waals surface area contributed by atoms with Gasteiger partial charge < -0.3 is 21.1 Å². The van der Waals surface area contributed by atoms with Gasteiger partial charge in [0.2, 0.25) is 5.91 Å².